The number of carbonyl (C=O) groups is 2. The van der Waals surface area contributed by atoms with Crippen LogP contribution in [0, 0.1) is 0 Å². The molecule has 0 saturated heterocycles. The van der Waals surface area contributed by atoms with Crippen LogP contribution in [0.2, 0.25) is 0 Å². The summed E-state index contributed by atoms with van der Waals surface area (Å²) in [5, 5.41) is 5.27. The van der Waals surface area contributed by atoms with Gasteiger partial charge in [-0.15, -0.1) is 0 Å². The van der Waals surface area contributed by atoms with E-state index in [1.165, 1.54) is 0 Å². The molecule has 6 heteroatoms. The molecule has 0 bridgehead atoms. The molecule has 0 saturated carbocycles. The zero-order chi connectivity index (χ0) is 15.7. The summed E-state index contributed by atoms with van der Waals surface area (Å²) in [5.74, 6) is -0.517. The first-order chi connectivity index (χ1) is 9.99. The van der Waals surface area contributed by atoms with Crippen LogP contribution in [-0.4, -0.2) is 37.6 Å². The Labute approximate surface area is 125 Å². The number of amides is 2. The van der Waals surface area contributed by atoms with Crippen molar-refractivity contribution in [1.82, 2.24) is 10.6 Å². The molecule has 1 aromatic carbocycles. The molecule has 6 nitrogen and oxygen atoms in total. The summed E-state index contributed by atoms with van der Waals surface area (Å²) in [6.45, 7) is 5.02. The highest BCUT2D eigenvalue weighted by atomic mass is 16.5. The molecule has 0 spiro atoms. The van der Waals surface area contributed by atoms with Crippen LogP contribution in [-0.2, 0) is 9.53 Å². The van der Waals surface area contributed by atoms with Gasteiger partial charge in [-0.3, -0.25) is 9.59 Å². The molecule has 0 radical (unpaired) electrons. The molecular weight excluding hydrogens is 270 g/mol. The van der Waals surface area contributed by atoms with Crippen molar-refractivity contribution < 1.29 is 14.3 Å². The second kappa shape index (κ2) is 8.97. The van der Waals surface area contributed by atoms with E-state index < -0.39 is 0 Å². The summed E-state index contributed by atoms with van der Waals surface area (Å²) < 4.78 is 5.36. The number of ether oxygens (including phenoxy) is 1. The first-order valence-electron chi connectivity index (χ1n) is 7.01. The van der Waals surface area contributed by atoms with Crippen LogP contribution in [0.5, 0.6) is 0 Å². The van der Waals surface area contributed by atoms with Gasteiger partial charge in [0, 0.05) is 24.4 Å². The lowest BCUT2D eigenvalue weighted by Gasteiger charge is -2.09. The number of hydrogen-bond donors (Lipinski definition) is 3. The lowest BCUT2D eigenvalue weighted by molar-refractivity contribution is -0.120. The number of anilines is 1. The standard InChI is InChI=1S/C15H23N3O3/c1-11(2)21-9-3-8-17-14(19)10-18-15(20)12-4-6-13(16)7-5-12/h4-7,11H,3,8-10,16H2,1-2H3,(H,17,19)(H,18,20). The number of rotatable bonds is 8. The zero-order valence-electron chi connectivity index (χ0n) is 12.5. The number of nitrogens with two attached hydrogens (primary N) is 1. The predicted molar refractivity (Wildman–Crippen MR) is 81.9 cm³/mol. The fourth-order valence-electron chi connectivity index (χ4n) is 1.58. The number of nitrogen functional groups attached to an aromatic ring is 1. The summed E-state index contributed by atoms with van der Waals surface area (Å²) in [4.78, 5) is 23.3. The lowest BCUT2D eigenvalue weighted by atomic mass is 10.2. The fourth-order valence-corrected chi connectivity index (χ4v) is 1.58. The third-order valence-electron chi connectivity index (χ3n) is 2.68. The summed E-state index contributed by atoms with van der Waals surface area (Å²) >= 11 is 0. The average molecular weight is 293 g/mol. The molecule has 0 atom stereocenters. The van der Waals surface area contributed by atoms with E-state index in [1.54, 1.807) is 24.3 Å². The van der Waals surface area contributed by atoms with Crippen LogP contribution in [0.25, 0.3) is 0 Å². The molecule has 0 aliphatic carbocycles. The summed E-state index contributed by atoms with van der Waals surface area (Å²) in [6.07, 6.45) is 0.940. The van der Waals surface area contributed by atoms with Gasteiger partial charge in [-0.05, 0) is 44.5 Å². The van der Waals surface area contributed by atoms with E-state index in [4.69, 9.17) is 10.5 Å². The third-order valence-corrected chi connectivity index (χ3v) is 2.68. The predicted octanol–water partition coefficient (Wildman–Crippen LogP) is 0.930. The molecule has 116 valence electrons. The molecule has 0 heterocycles. The van der Waals surface area contributed by atoms with E-state index in [1.807, 2.05) is 13.8 Å². The Morgan fingerprint density at radius 2 is 1.86 bits per heavy atom. The molecule has 2 amide bonds. The highest BCUT2D eigenvalue weighted by Gasteiger charge is 2.07. The quantitative estimate of drug-likeness (QED) is 0.491. The van der Waals surface area contributed by atoms with Gasteiger partial charge in [0.25, 0.3) is 5.91 Å². The van der Waals surface area contributed by atoms with Gasteiger partial charge in [0.15, 0.2) is 0 Å². The second-order valence-corrected chi connectivity index (χ2v) is 4.93. The monoisotopic (exact) mass is 293 g/mol. The van der Waals surface area contributed by atoms with Crippen molar-refractivity contribution in [3.05, 3.63) is 29.8 Å². The second-order valence-electron chi connectivity index (χ2n) is 4.93. The van der Waals surface area contributed by atoms with Gasteiger partial charge < -0.3 is 21.1 Å². The molecule has 0 aliphatic heterocycles. The van der Waals surface area contributed by atoms with Crippen LogP contribution in [0.15, 0.2) is 24.3 Å². The molecule has 0 unspecified atom stereocenters. The highest BCUT2D eigenvalue weighted by Crippen LogP contribution is 2.04. The van der Waals surface area contributed by atoms with E-state index in [2.05, 4.69) is 10.6 Å². The van der Waals surface area contributed by atoms with Crippen LogP contribution >= 0.6 is 0 Å². The van der Waals surface area contributed by atoms with Crippen molar-refractivity contribution in [3.8, 4) is 0 Å². The van der Waals surface area contributed by atoms with E-state index >= 15 is 0 Å². The molecular formula is C15H23N3O3. The molecule has 0 aliphatic rings. The van der Waals surface area contributed by atoms with Crippen molar-refractivity contribution in [2.75, 3.05) is 25.4 Å². The topological polar surface area (TPSA) is 93.5 Å². The number of benzene rings is 1. The van der Waals surface area contributed by atoms with Gasteiger partial charge in [0.1, 0.15) is 0 Å². The SMILES string of the molecule is CC(C)OCCCNC(=O)CNC(=O)c1ccc(N)cc1. The van der Waals surface area contributed by atoms with E-state index in [0.29, 0.717) is 24.4 Å². The normalized spacial score (nSPS) is 10.4. The van der Waals surface area contributed by atoms with Crippen molar-refractivity contribution in [3.63, 3.8) is 0 Å². The maximum atomic E-state index is 11.8. The van der Waals surface area contributed by atoms with E-state index in [9.17, 15) is 9.59 Å². The maximum absolute atomic E-state index is 11.8. The molecule has 4 N–H and O–H groups in total. The van der Waals surface area contributed by atoms with Crippen molar-refractivity contribution in [1.29, 1.82) is 0 Å². The van der Waals surface area contributed by atoms with Gasteiger partial charge in [-0.25, -0.2) is 0 Å². The number of nitrogens with one attached hydrogen (secondary N) is 2. The average Bonchev–Trinajstić information content (AvgIpc) is 2.44. The first kappa shape index (κ1) is 17.0. The molecule has 1 aromatic rings. The Hall–Kier alpha value is -2.08. The molecule has 1 rings (SSSR count). The smallest absolute Gasteiger partial charge is 0.251 e. The van der Waals surface area contributed by atoms with Gasteiger partial charge in [-0.1, -0.05) is 0 Å². The molecule has 0 aromatic heterocycles. The van der Waals surface area contributed by atoms with Crippen molar-refractivity contribution in [2.24, 2.45) is 0 Å². The first-order valence-corrected chi connectivity index (χ1v) is 7.01. The van der Waals surface area contributed by atoms with Gasteiger partial charge >= 0.3 is 0 Å². The van der Waals surface area contributed by atoms with Crippen molar-refractivity contribution in [2.45, 2.75) is 26.4 Å². The number of carbonyl (C=O) groups excluding carboxylic acids is 2. The summed E-state index contributed by atoms with van der Waals surface area (Å²) in [6, 6.07) is 6.52. The lowest BCUT2D eigenvalue weighted by Crippen LogP contribution is -2.37. The van der Waals surface area contributed by atoms with Crippen LogP contribution in [0.1, 0.15) is 30.6 Å². The highest BCUT2D eigenvalue weighted by molar-refractivity contribution is 5.96. The Morgan fingerprint density at radius 3 is 2.48 bits per heavy atom. The zero-order valence-corrected chi connectivity index (χ0v) is 12.5. The van der Waals surface area contributed by atoms with Gasteiger partial charge in [0.2, 0.25) is 5.91 Å². The van der Waals surface area contributed by atoms with Crippen molar-refractivity contribution >= 4 is 17.5 Å². The number of hydrogen-bond acceptors (Lipinski definition) is 4. The van der Waals surface area contributed by atoms with Crippen LogP contribution in [0.4, 0.5) is 5.69 Å². The largest absolute Gasteiger partial charge is 0.399 e. The summed E-state index contributed by atoms with van der Waals surface area (Å²) in [7, 11) is 0. The third kappa shape index (κ3) is 7.31. The Balaban J connectivity index is 2.17. The Kier molecular flexibility index (Phi) is 7.25. The minimum atomic E-state index is -0.298. The van der Waals surface area contributed by atoms with Gasteiger partial charge in [0.05, 0.1) is 12.6 Å². The van der Waals surface area contributed by atoms with Crippen LogP contribution in [0.3, 0.4) is 0 Å². The maximum Gasteiger partial charge on any atom is 0.251 e. The molecule has 21 heavy (non-hydrogen) atoms. The Morgan fingerprint density at radius 1 is 1.19 bits per heavy atom. The Bertz CT molecular complexity index is 458. The van der Waals surface area contributed by atoms with Gasteiger partial charge in [-0.2, -0.15) is 0 Å². The minimum Gasteiger partial charge on any atom is -0.399 e. The minimum absolute atomic E-state index is 0.0474. The molecule has 0 fully saturated rings. The van der Waals surface area contributed by atoms with E-state index in [0.717, 1.165) is 6.42 Å². The van der Waals surface area contributed by atoms with Crippen LogP contribution < -0.4 is 16.4 Å². The van der Waals surface area contributed by atoms with E-state index in [-0.39, 0.29) is 24.5 Å². The summed E-state index contributed by atoms with van der Waals surface area (Å²) in [5.41, 5.74) is 6.61. The fraction of sp³-hybridized carbons (Fsp3) is 0.467.